The maximum absolute atomic E-state index is 11.4. The zero-order valence-corrected chi connectivity index (χ0v) is 8.97. The predicted octanol–water partition coefficient (Wildman–Crippen LogP) is 0.845. The molecule has 2 N–H and O–H groups in total. The molecule has 0 radical (unpaired) electrons. The minimum atomic E-state index is -0.367. The normalized spacial score (nSPS) is 10.2. The molecule has 2 heterocycles. The largest absolute Gasteiger partial charge is 0.344 e. The Kier molecular flexibility index (Phi) is 2.93. The molecule has 0 aliphatic heterocycles. The second kappa shape index (κ2) is 4.37. The lowest BCUT2D eigenvalue weighted by molar-refractivity contribution is 0.0941. The number of carbonyl (C=O) groups excluding carboxylic acids is 1. The van der Waals surface area contributed by atoms with Gasteiger partial charge in [-0.2, -0.15) is 5.21 Å². The fourth-order valence-corrected chi connectivity index (χ4v) is 1.98. The number of aromatic amines is 1. The lowest BCUT2D eigenvalue weighted by Gasteiger charge is -1.98. The minimum Gasteiger partial charge on any atom is -0.344 e. The van der Waals surface area contributed by atoms with E-state index in [0.717, 1.165) is 4.88 Å². The van der Waals surface area contributed by atoms with E-state index in [1.54, 1.807) is 6.07 Å². The Morgan fingerprint density at radius 2 is 2.47 bits per heavy atom. The van der Waals surface area contributed by atoms with Crippen LogP contribution in [0.3, 0.4) is 0 Å². The second-order valence-electron chi connectivity index (χ2n) is 2.62. The van der Waals surface area contributed by atoms with Gasteiger partial charge >= 0.3 is 0 Å². The number of rotatable bonds is 3. The van der Waals surface area contributed by atoms with Crippen molar-refractivity contribution in [2.75, 3.05) is 0 Å². The Labute approximate surface area is 93.6 Å². The summed E-state index contributed by atoms with van der Waals surface area (Å²) in [6.07, 6.45) is 0. The molecule has 2 aromatic heterocycles. The Hall–Kier alpha value is -1.47. The van der Waals surface area contributed by atoms with Gasteiger partial charge in [0.15, 0.2) is 0 Å². The van der Waals surface area contributed by atoms with Crippen molar-refractivity contribution < 1.29 is 4.79 Å². The summed E-state index contributed by atoms with van der Waals surface area (Å²) >= 11 is 7.15. The van der Waals surface area contributed by atoms with Crippen molar-refractivity contribution in [2.45, 2.75) is 6.54 Å². The SMILES string of the molecule is O=C(NCc1ccc(Cl)s1)c1nn[nH]n1. The molecule has 0 aliphatic carbocycles. The van der Waals surface area contributed by atoms with Crippen LogP contribution in [0.4, 0.5) is 0 Å². The van der Waals surface area contributed by atoms with Crippen LogP contribution in [-0.2, 0) is 6.54 Å². The number of hydrogen-bond donors (Lipinski definition) is 2. The smallest absolute Gasteiger partial charge is 0.293 e. The Bertz CT molecular complexity index is 454. The zero-order chi connectivity index (χ0) is 10.7. The Balaban J connectivity index is 1.91. The van der Waals surface area contributed by atoms with Crippen LogP contribution in [-0.4, -0.2) is 26.5 Å². The molecule has 0 saturated heterocycles. The molecular formula is C7H6ClN5OS. The number of halogens is 1. The predicted molar refractivity (Wildman–Crippen MR) is 54.7 cm³/mol. The molecule has 1 amide bonds. The average Bonchev–Trinajstić information content (AvgIpc) is 2.84. The Morgan fingerprint density at radius 1 is 1.60 bits per heavy atom. The van der Waals surface area contributed by atoms with Crippen molar-refractivity contribution in [3.8, 4) is 0 Å². The van der Waals surface area contributed by atoms with Crippen LogP contribution in [0.5, 0.6) is 0 Å². The van der Waals surface area contributed by atoms with Gasteiger partial charge in [0, 0.05) is 4.88 Å². The lowest BCUT2D eigenvalue weighted by Crippen LogP contribution is -2.23. The summed E-state index contributed by atoms with van der Waals surface area (Å²) in [5.41, 5.74) is 0. The van der Waals surface area contributed by atoms with Gasteiger partial charge in [0.05, 0.1) is 10.9 Å². The van der Waals surface area contributed by atoms with Crippen LogP contribution in [0.25, 0.3) is 0 Å². The second-order valence-corrected chi connectivity index (χ2v) is 4.42. The number of nitrogens with one attached hydrogen (secondary N) is 2. The molecule has 0 unspecified atom stereocenters. The molecule has 6 nitrogen and oxygen atoms in total. The van der Waals surface area contributed by atoms with E-state index in [1.165, 1.54) is 11.3 Å². The minimum absolute atomic E-state index is 0.0256. The first-order valence-electron chi connectivity index (χ1n) is 4.01. The molecule has 0 atom stereocenters. The summed E-state index contributed by atoms with van der Waals surface area (Å²) in [6.45, 7) is 0.408. The monoisotopic (exact) mass is 243 g/mol. The van der Waals surface area contributed by atoms with E-state index in [9.17, 15) is 4.79 Å². The van der Waals surface area contributed by atoms with Crippen molar-refractivity contribution in [1.82, 2.24) is 25.9 Å². The van der Waals surface area contributed by atoms with Crippen LogP contribution in [0, 0.1) is 0 Å². The first-order chi connectivity index (χ1) is 7.25. The van der Waals surface area contributed by atoms with Crippen LogP contribution in [0.15, 0.2) is 12.1 Å². The number of amides is 1. The van der Waals surface area contributed by atoms with Gasteiger partial charge in [-0.05, 0) is 17.3 Å². The maximum atomic E-state index is 11.4. The summed E-state index contributed by atoms with van der Waals surface area (Å²) in [7, 11) is 0. The third kappa shape index (κ3) is 2.51. The molecule has 0 bridgehead atoms. The summed E-state index contributed by atoms with van der Waals surface area (Å²) in [5.74, 6) is -0.342. The van der Waals surface area contributed by atoms with Gasteiger partial charge in [0.25, 0.3) is 11.7 Å². The highest BCUT2D eigenvalue weighted by Gasteiger charge is 2.10. The topological polar surface area (TPSA) is 83.6 Å². The van der Waals surface area contributed by atoms with E-state index in [0.29, 0.717) is 10.9 Å². The van der Waals surface area contributed by atoms with E-state index in [4.69, 9.17) is 11.6 Å². The zero-order valence-electron chi connectivity index (χ0n) is 7.40. The standard InChI is InChI=1S/C7H6ClN5OS/c8-5-2-1-4(15-5)3-9-7(14)6-10-12-13-11-6/h1-2H,3H2,(H,9,14)(H,10,11,12,13). The summed E-state index contributed by atoms with van der Waals surface area (Å²) < 4.78 is 0.693. The van der Waals surface area contributed by atoms with Crippen molar-refractivity contribution >= 4 is 28.8 Å². The highest BCUT2D eigenvalue weighted by Crippen LogP contribution is 2.20. The lowest BCUT2D eigenvalue weighted by atomic mass is 10.4. The van der Waals surface area contributed by atoms with Crippen molar-refractivity contribution in [3.05, 3.63) is 27.2 Å². The number of hydrogen-bond acceptors (Lipinski definition) is 5. The third-order valence-electron chi connectivity index (χ3n) is 1.60. The van der Waals surface area contributed by atoms with E-state index >= 15 is 0 Å². The van der Waals surface area contributed by atoms with Crippen molar-refractivity contribution in [2.24, 2.45) is 0 Å². The fraction of sp³-hybridized carbons (Fsp3) is 0.143. The first kappa shape index (κ1) is 10.1. The van der Waals surface area contributed by atoms with Crippen LogP contribution >= 0.6 is 22.9 Å². The van der Waals surface area contributed by atoms with E-state index in [1.807, 2.05) is 6.07 Å². The van der Waals surface area contributed by atoms with Gasteiger partial charge in [0.1, 0.15) is 0 Å². The van der Waals surface area contributed by atoms with Crippen molar-refractivity contribution in [1.29, 1.82) is 0 Å². The van der Waals surface area contributed by atoms with E-state index in [-0.39, 0.29) is 11.7 Å². The maximum Gasteiger partial charge on any atom is 0.293 e. The highest BCUT2D eigenvalue weighted by atomic mass is 35.5. The number of H-pyrrole nitrogens is 1. The number of thiophene rings is 1. The molecule has 0 fully saturated rings. The molecule has 0 aromatic carbocycles. The van der Waals surface area contributed by atoms with Gasteiger partial charge in [-0.3, -0.25) is 4.79 Å². The van der Waals surface area contributed by atoms with Crippen molar-refractivity contribution in [3.63, 3.8) is 0 Å². The fourth-order valence-electron chi connectivity index (χ4n) is 0.951. The van der Waals surface area contributed by atoms with E-state index in [2.05, 4.69) is 25.9 Å². The number of carbonyl (C=O) groups is 1. The molecule has 2 rings (SSSR count). The van der Waals surface area contributed by atoms with Gasteiger partial charge in [-0.1, -0.05) is 11.6 Å². The number of nitrogens with zero attached hydrogens (tertiary/aromatic N) is 3. The molecule has 15 heavy (non-hydrogen) atoms. The summed E-state index contributed by atoms with van der Waals surface area (Å²) in [5, 5.41) is 15.2. The van der Waals surface area contributed by atoms with Crippen LogP contribution in [0.1, 0.15) is 15.5 Å². The summed E-state index contributed by atoms with van der Waals surface area (Å²) in [4.78, 5) is 12.3. The average molecular weight is 244 g/mol. The third-order valence-corrected chi connectivity index (χ3v) is 2.83. The quantitative estimate of drug-likeness (QED) is 0.837. The molecule has 78 valence electrons. The first-order valence-corrected chi connectivity index (χ1v) is 5.21. The molecule has 2 aromatic rings. The highest BCUT2D eigenvalue weighted by molar-refractivity contribution is 7.16. The number of aromatic nitrogens is 4. The molecule has 0 spiro atoms. The van der Waals surface area contributed by atoms with Gasteiger partial charge in [0.2, 0.25) is 0 Å². The molecule has 0 aliphatic rings. The van der Waals surface area contributed by atoms with E-state index < -0.39 is 0 Å². The molecule has 8 heteroatoms. The van der Waals surface area contributed by atoms with Crippen LogP contribution in [0.2, 0.25) is 4.34 Å². The van der Waals surface area contributed by atoms with Gasteiger partial charge in [-0.15, -0.1) is 21.5 Å². The van der Waals surface area contributed by atoms with Gasteiger partial charge in [-0.25, -0.2) is 0 Å². The molecule has 0 saturated carbocycles. The summed E-state index contributed by atoms with van der Waals surface area (Å²) in [6, 6.07) is 3.63. The van der Waals surface area contributed by atoms with Crippen LogP contribution < -0.4 is 5.32 Å². The Morgan fingerprint density at radius 3 is 3.07 bits per heavy atom. The molecular weight excluding hydrogens is 238 g/mol. The van der Waals surface area contributed by atoms with Gasteiger partial charge < -0.3 is 5.32 Å². The number of tetrazole rings is 1.